The number of carbonyl (C=O) groups excluding carboxylic acids is 2. The third-order valence-electron chi connectivity index (χ3n) is 7.74. The molecule has 204 valence electrons. The van der Waals surface area contributed by atoms with Crippen molar-refractivity contribution >= 4 is 23.2 Å². The highest BCUT2D eigenvalue weighted by Crippen LogP contribution is 2.42. The van der Waals surface area contributed by atoms with E-state index >= 15 is 0 Å². The van der Waals surface area contributed by atoms with Gasteiger partial charge in [0.1, 0.15) is 17.2 Å². The number of benzene rings is 3. The van der Waals surface area contributed by atoms with Crippen LogP contribution in [0.25, 0.3) is 0 Å². The molecule has 0 aliphatic carbocycles. The molecule has 0 aromatic heterocycles. The fourth-order valence-corrected chi connectivity index (χ4v) is 5.67. The average Bonchev–Trinajstić information content (AvgIpc) is 3.00. The molecule has 2 aliphatic heterocycles. The van der Waals surface area contributed by atoms with Crippen molar-refractivity contribution in [2.24, 2.45) is 5.92 Å². The van der Waals surface area contributed by atoms with Crippen molar-refractivity contribution in [3.8, 4) is 17.2 Å². The Morgan fingerprint density at radius 3 is 2.00 bits per heavy atom. The van der Waals surface area contributed by atoms with Crippen LogP contribution >= 0.6 is 0 Å². The Balaban J connectivity index is 1.42. The molecule has 0 radical (unpaired) electrons. The van der Waals surface area contributed by atoms with Crippen LogP contribution in [0.4, 0.5) is 11.4 Å². The molecule has 2 atom stereocenters. The zero-order chi connectivity index (χ0) is 27.4. The van der Waals surface area contributed by atoms with Crippen LogP contribution in [0.15, 0.2) is 72.8 Å². The molecule has 0 bridgehead atoms. The molecular weight excluding hydrogens is 494 g/mol. The van der Waals surface area contributed by atoms with Crippen molar-refractivity contribution < 1.29 is 23.8 Å². The molecule has 2 aliphatic rings. The SMILES string of the molecule is COc1ccc([C@@H]2[C@@H](C(=O)N3CCN(c4ccccc4OC)CC3)CCC(=O)N2c2ccc(OC)cc2)cc1. The summed E-state index contributed by atoms with van der Waals surface area (Å²) in [5.41, 5.74) is 2.70. The normalized spacial score (nSPS) is 19.6. The topological polar surface area (TPSA) is 71.6 Å². The molecule has 2 saturated heterocycles. The van der Waals surface area contributed by atoms with Crippen molar-refractivity contribution in [1.29, 1.82) is 0 Å². The van der Waals surface area contributed by atoms with Crippen LogP contribution in [0.3, 0.4) is 0 Å². The summed E-state index contributed by atoms with van der Waals surface area (Å²) in [6.07, 6.45) is 0.823. The molecule has 0 unspecified atom stereocenters. The van der Waals surface area contributed by atoms with Crippen molar-refractivity contribution in [3.05, 3.63) is 78.4 Å². The summed E-state index contributed by atoms with van der Waals surface area (Å²) in [6, 6.07) is 22.7. The van der Waals surface area contributed by atoms with E-state index in [2.05, 4.69) is 11.0 Å². The molecule has 3 aromatic rings. The number of anilines is 2. The lowest BCUT2D eigenvalue weighted by Crippen LogP contribution is -2.54. The average molecular weight is 530 g/mol. The Morgan fingerprint density at radius 2 is 1.38 bits per heavy atom. The quantitative estimate of drug-likeness (QED) is 0.447. The predicted molar refractivity (Wildman–Crippen MR) is 151 cm³/mol. The van der Waals surface area contributed by atoms with Gasteiger partial charge in [-0.3, -0.25) is 9.59 Å². The molecule has 0 saturated carbocycles. The number of piperidine rings is 1. The first-order valence-corrected chi connectivity index (χ1v) is 13.3. The van der Waals surface area contributed by atoms with Crippen molar-refractivity contribution in [2.75, 3.05) is 57.3 Å². The minimum atomic E-state index is -0.426. The van der Waals surface area contributed by atoms with E-state index in [1.807, 2.05) is 71.6 Å². The number of ether oxygens (including phenoxy) is 3. The number of carbonyl (C=O) groups is 2. The Morgan fingerprint density at radius 1 is 0.769 bits per heavy atom. The first kappa shape index (κ1) is 26.4. The number of para-hydroxylation sites is 2. The van der Waals surface area contributed by atoms with E-state index in [0.717, 1.165) is 28.4 Å². The standard InChI is InChI=1S/C31H35N3O5/c1-37-24-12-8-22(9-13-24)30-26(16-17-29(35)34(30)23-10-14-25(38-2)15-11-23)31(36)33-20-18-32(19-21-33)27-6-4-5-7-28(27)39-3/h4-15,26,30H,16-21H2,1-3H3/t26-,30+/m0/s1. The maximum Gasteiger partial charge on any atom is 0.228 e. The Labute approximate surface area is 229 Å². The monoisotopic (exact) mass is 529 g/mol. The van der Waals surface area contributed by atoms with E-state index in [1.54, 1.807) is 26.2 Å². The van der Waals surface area contributed by atoms with Crippen LogP contribution in [0.1, 0.15) is 24.4 Å². The summed E-state index contributed by atoms with van der Waals surface area (Å²) in [5, 5.41) is 0. The van der Waals surface area contributed by atoms with Gasteiger partial charge in [0.25, 0.3) is 0 Å². The fourth-order valence-electron chi connectivity index (χ4n) is 5.67. The van der Waals surface area contributed by atoms with Gasteiger partial charge in [-0.25, -0.2) is 0 Å². The summed E-state index contributed by atoms with van der Waals surface area (Å²) in [4.78, 5) is 33.5. The van der Waals surface area contributed by atoms with Gasteiger partial charge < -0.3 is 28.9 Å². The van der Waals surface area contributed by atoms with Crippen LogP contribution in [0.2, 0.25) is 0 Å². The van der Waals surface area contributed by atoms with Gasteiger partial charge in [0, 0.05) is 38.3 Å². The highest BCUT2D eigenvalue weighted by atomic mass is 16.5. The second kappa shape index (κ2) is 11.7. The Bertz CT molecular complexity index is 1290. The number of amides is 2. The van der Waals surface area contributed by atoms with Crippen LogP contribution in [0.5, 0.6) is 17.2 Å². The van der Waals surface area contributed by atoms with Gasteiger partial charge in [-0.15, -0.1) is 0 Å². The summed E-state index contributed by atoms with van der Waals surface area (Å²) >= 11 is 0. The molecular formula is C31H35N3O5. The largest absolute Gasteiger partial charge is 0.497 e. The number of hydrogen-bond acceptors (Lipinski definition) is 6. The van der Waals surface area contributed by atoms with E-state index < -0.39 is 6.04 Å². The molecule has 2 amide bonds. The van der Waals surface area contributed by atoms with Crippen molar-refractivity contribution in [3.63, 3.8) is 0 Å². The van der Waals surface area contributed by atoms with Crippen LogP contribution < -0.4 is 24.0 Å². The van der Waals surface area contributed by atoms with E-state index in [9.17, 15) is 9.59 Å². The molecule has 3 aromatic carbocycles. The third kappa shape index (κ3) is 5.37. The first-order chi connectivity index (χ1) is 19.0. The van der Waals surface area contributed by atoms with Gasteiger partial charge in [-0.05, 0) is 60.5 Å². The maximum absolute atomic E-state index is 14.1. The Kier molecular flexibility index (Phi) is 7.91. The smallest absolute Gasteiger partial charge is 0.228 e. The van der Waals surface area contributed by atoms with Crippen LogP contribution in [-0.4, -0.2) is 64.2 Å². The lowest BCUT2D eigenvalue weighted by molar-refractivity contribution is -0.138. The summed E-state index contributed by atoms with van der Waals surface area (Å²) in [6.45, 7) is 2.65. The van der Waals surface area contributed by atoms with E-state index in [0.29, 0.717) is 44.8 Å². The molecule has 0 N–H and O–H groups in total. The van der Waals surface area contributed by atoms with E-state index in [4.69, 9.17) is 14.2 Å². The molecule has 2 fully saturated rings. The lowest BCUT2D eigenvalue weighted by Gasteiger charge is -2.44. The van der Waals surface area contributed by atoms with Crippen molar-refractivity contribution in [2.45, 2.75) is 18.9 Å². The zero-order valence-corrected chi connectivity index (χ0v) is 22.7. The van der Waals surface area contributed by atoms with Gasteiger partial charge in [-0.2, -0.15) is 0 Å². The highest BCUT2D eigenvalue weighted by Gasteiger charge is 2.43. The van der Waals surface area contributed by atoms with Gasteiger partial charge in [0.2, 0.25) is 11.8 Å². The predicted octanol–water partition coefficient (Wildman–Crippen LogP) is 4.55. The summed E-state index contributed by atoms with van der Waals surface area (Å²) < 4.78 is 16.2. The van der Waals surface area contributed by atoms with Gasteiger partial charge in [-0.1, -0.05) is 24.3 Å². The van der Waals surface area contributed by atoms with Gasteiger partial charge >= 0.3 is 0 Å². The highest BCUT2D eigenvalue weighted by molar-refractivity contribution is 5.97. The lowest BCUT2D eigenvalue weighted by atomic mass is 9.82. The number of hydrogen-bond donors (Lipinski definition) is 0. The number of rotatable bonds is 7. The van der Waals surface area contributed by atoms with Gasteiger partial charge in [0.15, 0.2) is 0 Å². The number of nitrogens with zero attached hydrogens (tertiary/aromatic N) is 3. The molecule has 0 spiro atoms. The number of piperazine rings is 1. The van der Waals surface area contributed by atoms with Gasteiger partial charge in [0.05, 0.1) is 39.0 Å². The first-order valence-electron chi connectivity index (χ1n) is 13.3. The van der Waals surface area contributed by atoms with Crippen molar-refractivity contribution in [1.82, 2.24) is 4.90 Å². The third-order valence-corrected chi connectivity index (χ3v) is 7.74. The van der Waals surface area contributed by atoms with E-state index in [-0.39, 0.29) is 17.7 Å². The molecule has 39 heavy (non-hydrogen) atoms. The minimum absolute atomic E-state index is 0.00558. The molecule has 8 nitrogen and oxygen atoms in total. The fraction of sp³-hybridized carbons (Fsp3) is 0.355. The summed E-state index contributed by atoms with van der Waals surface area (Å²) in [7, 11) is 4.92. The second-order valence-electron chi connectivity index (χ2n) is 9.81. The minimum Gasteiger partial charge on any atom is -0.497 e. The molecule has 8 heteroatoms. The molecule has 2 heterocycles. The zero-order valence-electron chi connectivity index (χ0n) is 22.7. The van der Waals surface area contributed by atoms with Crippen LogP contribution in [-0.2, 0) is 9.59 Å². The second-order valence-corrected chi connectivity index (χ2v) is 9.81. The maximum atomic E-state index is 14.1. The number of methoxy groups -OCH3 is 3. The molecule has 5 rings (SSSR count). The summed E-state index contributed by atoms with van der Waals surface area (Å²) in [5.74, 6) is 2.00. The Hall–Kier alpha value is -4.20. The van der Waals surface area contributed by atoms with Crippen LogP contribution in [0, 0.1) is 5.92 Å². The van der Waals surface area contributed by atoms with E-state index in [1.165, 1.54) is 0 Å².